The number of hydrogen-bond acceptors (Lipinski definition) is 3. The van der Waals surface area contributed by atoms with Crippen LogP contribution in [-0.4, -0.2) is 0 Å². The fourth-order valence-electron chi connectivity index (χ4n) is 5.74. The van der Waals surface area contributed by atoms with Crippen LogP contribution in [0.3, 0.4) is 0 Å². The van der Waals surface area contributed by atoms with Crippen LogP contribution in [0.15, 0.2) is 127 Å². The highest BCUT2D eigenvalue weighted by Gasteiger charge is 2.22. The van der Waals surface area contributed by atoms with Crippen LogP contribution in [0.4, 0.5) is 17.1 Å². The summed E-state index contributed by atoms with van der Waals surface area (Å²) in [6.07, 6.45) is 0. The summed E-state index contributed by atoms with van der Waals surface area (Å²) in [4.78, 5) is 2.08. The minimum absolute atomic E-state index is 0.454. The van der Waals surface area contributed by atoms with Crippen LogP contribution in [0, 0.1) is 22.7 Å². The van der Waals surface area contributed by atoms with Crippen molar-refractivity contribution >= 4 is 27.8 Å². The summed E-state index contributed by atoms with van der Waals surface area (Å²) in [5, 5.41) is 21.7. The molecule has 39 heavy (non-hydrogen) atoms. The van der Waals surface area contributed by atoms with E-state index in [1.807, 2.05) is 42.5 Å². The summed E-state index contributed by atoms with van der Waals surface area (Å²) in [5.74, 6) is 0. The summed E-state index contributed by atoms with van der Waals surface area (Å²) < 4.78 is 0. The van der Waals surface area contributed by atoms with Crippen molar-refractivity contribution in [3.05, 3.63) is 139 Å². The maximum Gasteiger partial charge on any atom is 0.0992 e. The maximum absolute atomic E-state index is 9.58. The highest BCUT2D eigenvalue weighted by molar-refractivity contribution is 6.18. The van der Waals surface area contributed by atoms with Crippen LogP contribution >= 0.6 is 0 Å². The van der Waals surface area contributed by atoms with E-state index in [9.17, 15) is 10.5 Å². The number of anilines is 3. The Kier molecular flexibility index (Phi) is 5.22. The number of hydrogen-bond donors (Lipinski definition) is 0. The molecule has 7 rings (SSSR count). The van der Waals surface area contributed by atoms with Gasteiger partial charge in [-0.15, -0.1) is 0 Å². The van der Waals surface area contributed by atoms with Crippen LogP contribution in [0.5, 0.6) is 0 Å². The van der Waals surface area contributed by atoms with Gasteiger partial charge in [-0.25, -0.2) is 0 Å². The van der Waals surface area contributed by atoms with E-state index in [4.69, 9.17) is 0 Å². The molecule has 0 unspecified atom stereocenters. The fourth-order valence-corrected chi connectivity index (χ4v) is 5.74. The summed E-state index contributed by atoms with van der Waals surface area (Å²) >= 11 is 0. The van der Waals surface area contributed by atoms with Crippen LogP contribution in [0.25, 0.3) is 44.2 Å². The van der Waals surface area contributed by atoms with Crippen molar-refractivity contribution in [1.29, 1.82) is 10.5 Å². The Bertz CT molecular complexity index is 1910. The van der Waals surface area contributed by atoms with Crippen molar-refractivity contribution in [3.8, 4) is 45.5 Å². The Morgan fingerprint density at radius 3 is 1.67 bits per heavy atom. The van der Waals surface area contributed by atoms with Gasteiger partial charge in [-0.3, -0.25) is 0 Å². The molecule has 0 bridgehead atoms. The first-order valence-corrected chi connectivity index (χ1v) is 12.8. The molecule has 0 saturated heterocycles. The summed E-state index contributed by atoms with van der Waals surface area (Å²) in [7, 11) is 0. The lowest BCUT2D eigenvalue weighted by atomic mass is 9.94. The highest BCUT2D eigenvalue weighted by Crippen LogP contribution is 2.49. The standard InChI is InChI=1S/C36H21N3/c37-22-24-19-25(23-38)21-29(20-24)39(27-7-2-1-3-8-27)28-15-13-26(14-16-28)30-17-18-35-32-10-5-4-9-31(32)34-12-6-11-33(30)36(34)35/h1-21H. The third-order valence-corrected chi connectivity index (χ3v) is 7.43. The van der Waals surface area contributed by atoms with Crippen molar-refractivity contribution in [2.45, 2.75) is 0 Å². The molecule has 3 nitrogen and oxygen atoms in total. The van der Waals surface area contributed by atoms with Gasteiger partial charge in [0.25, 0.3) is 0 Å². The van der Waals surface area contributed by atoms with E-state index in [-0.39, 0.29) is 0 Å². The number of benzene rings is 6. The second-order valence-corrected chi connectivity index (χ2v) is 9.64. The van der Waals surface area contributed by atoms with E-state index in [1.165, 1.54) is 38.6 Å². The lowest BCUT2D eigenvalue weighted by molar-refractivity contribution is 1.27. The first-order valence-electron chi connectivity index (χ1n) is 12.8. The molecule has 1 aliphatic rings. The molecule has 1 aliphatic carbocycles. The predicted molar refractivity (Wildman–Crippen MR) is 158 cm³/mol. The molecular weight excluding hydrogens is 474 g/mol. The van der Waals surface area contributed by atoms with Crippen LogP contribution < -0.4 is 4.90 Å². The number of fused-ring (bicyclic) bond motifs is 3. The third-order valence-electron chi connectivity index (χ3n) is 7.43. The minimum Gasteiger partial charge on any atom is -0.310 e. The van der Waals surface area contributed by atoms with Gasteiger partial charge in [0, 0.05) is 17.1 Å². The van der Waals surface area contributed by atoms with E-state index in [0.717, 1.165) is 22.6 Å². The normalized spacial score (nSPS) is 11.0. The maximum atomic E-state index is 9.58. The number of nitriles is 2. The second kappa shape index (κ2) is 9.03. The molecule has 3 heteroatoms. The zero-order valence-electron chi connectivity index (χ0n) is 21.0. The second-order valence-electron chi connectivity index (χ2n) is 9.64. The smallest absolute Gasteiger partial charge is 0.0992 e. The molecule has 6 aromatic carbocycles. The van der Waals surface area contributed by atoms with Gasteiger partial charge in [0.15, 0.2) is 0 Å². The number of nitrogens with zero attached hydrogens (tertiary/aromatic N) is 3. The molecule has 0 saturated carbocycles. The molecule has 0 radical (unpaired) electrons. The van der Waals surface area contributed by atoms with Crippen molar-refractivity contribution in [1.82, 2.24) is 0 Å². The van der Waals surface area contributed by atoms with Gasteiger partial charge in [-0.1, -0.05) is 84.9 Å². The highest BCUT2D eigenvalue weighted by atomic mass is 15.1. The van der Waals surface area contributed by atoms with Crippen LogP contribution in [0.1, 0.15) is 11.1 Å². The third kappa shape index (κ3) is 3.65. The molecule has 0 spiro atoms. The minimum atomic E-state index is 0.454. The van der Waals surface area contributed by atoms with Gasteiger partial charge in [0.1, 0.15) is 0 Å². The summed E-state index contributed by atoms with van der Waals surface area (Å²) in [6.45, 7) is 0. The van der Waals surface area contributed by atoms with Crippen molar-refractivity contribution in [2.75, 3.05) is 4.90 Å². The molecule has 0 heterocycles. The Hall–Kier alpha value is -5.64. The Balaban J connectivity index is 1.35. The monoisotopic (exact) mass is 495 g/mol. The quantitative estimate of drug-likeness (QED) is 0.244. The van der Waals surface area contributed by atoms with Crippen molar-refractivity contribution < 1.29 is 0 Å². The Morgan fingerprint density at radius 1 is 0.436 bits per heavy atom. The van der Waals surface area contributed by atoms with Gasteiger partial charge in [-0.2, -0.15) is 10.5 Å². The number of rotatable bonds is 4. The van der Waals surface area contributed by atoms with Crippen molar-refractivity contribution in [2.24, 2.45) is 0 Å². The van der Waals surface area contributed by atoms with Crippen LogP contribution in [-0.2, 0) is 0 Å². The van der Waals surface area contributed by atoms with Gasteiger partial charge >= 0.3 is 0 Å². The van der Waals surface area contributed by atoms with E-state index in [1.54, 1.807) is 6.07 Å². The van der Waals surface area contributed by atoms with Gasteiger partial charge in [0.2, 0.25) is 0 Å². The predicted octanol–water partition coefficient (Wildman–Crippen LogP) is 9.37. The van der Waals surface area contributed by atoms with Gasteiger partial charge in [0.05, 0.1) is 23.3 Å². The Morgan fingerprint density at radius 2 is 1.00 bits per heavy atom. The van der Waals surface area contributed by atoms with E-state index in [2.05, 4.69) is 95.9 Å². The lowest BCUT2D eigenvalue weighted by Gasteiger charge is -2.26. The SMILES string of the molecule is N#Cc1cc(C#N)cc(N(c2ccccc2)c2ccc(-c3ccc4c5c(cccc35)-c3ccccc3-4)cc2)c1. The first kappa shape index (κ1) is 22.5. The summed E-state index contributed by atoms with van der Waals surface area (Å²) in [6, 6.07) is 47.8. The lowest BCUT2D eigenvalue weighted by Crippen LogP contribution is -2.10. The number of para-hydroxylation sites is 1. The average Bonchev–Trinajstić information content (AvgIpc) is 3.33. The van der Waals surface area contributed by atoms with Gasteiger partial charge < -0.3 is 4.90 Å². The molecule has 6 aromatic rings. The topological polar surface area (TPSA) is 50.8 Å². The zero-order chi connectivity index (χ0) is 26.3. The molecular formula is C36H21N3. The first-order chi connectivity index (χ1) is 19.2. The molecule has 0 atom stereocenters. The zero-order valence-corrected chi connectivity index (χ0v) is 21.0. The Labute approximate surface area is 227 Å². The summed E-state index contributed by atoms with van der Waals surface area (Å²) in [5.41, 5.74) is 11.1. The molecule has 0 fully saturated rings. The fraction of sp³-hybridized carbons (Fsp3) is 0. The molecule has 0 aliphatic heterocycles. The molecule has 0 N–H and O–H groups in total. The molecule has 180 valence electrons. The van der Waals surface area contributed by atoms with Crippen LogP contribution in [0.2, 0.25) is 0 Å². The average molecular weight is 496 g/mol. The van der Waals surface area contributed by atoms with Crippen molar-refractivity contribution in [3.63, 3.8) is 0 Å². The largest absolute Gasteiger partial charge is 0.310 e. The van der Waals surface area contributed by atoms with E-state index >= 15 is 0 Å². The molecule has 0 amide bonds. The van der Waals surface area contributed by atoms with E-state index in [0.29, 0.717) is 11.1 Å². The molecule has 0 aromatic heterocycles. The van der Waals surface area contributed by atoms with Gasteiger partial charge in [-0.05, 0) is 86.6 Å². The van der Waals surface area contributed by atoms with E-state index < -0.39 is 0 Å².